The molecule has 0 saturated carbocycles. The van der Waals surface area contributed by atoms with Crippen molar-refractivity contribution in [1.29, 1.82) is 0 Å². The molecule has 1 heterocycles. The zero-order valence-electron chi connectivity index (χ0n) is 14.6. The van der Waals surface area contributed by atoms with Gasteiger partial charge in [0, 0.05) is 31.4 Å². The molecule has 1 aliphatic heterocycles. The number of nitrogens with zero attached hydrogens (tertiary/aromatic N) is 1. The Morgan fingerprint density at radius 2 is 2.13 bits per heavy atom. The van der Waals surface area contributed by atoms with Gasteiger partial charge in [0.1, 0.15) is 0 Å². The highest BCUT2D eigenvalue weighted by Gasteiger charge is 2.45. The molecule has 3 nitrogen and oxygen atoms in total. The van der Waals surface area contributed by atoms with Crippen molar-refractivity contribution in [3.63, 3.8) is 0 Å². The van der Waals surface area contributed by atoms with Gasteiger partial charge in [0.25, 0.3) is 0 Å². The Balaban J connectivity index is 2.20. The third kappa shape index (κ3) is 3.54. The topological polar surface area (TPSA) is 29.3 Å². The summed E-state index contributed by atoms with van der Waals surface area (Å²) in [5, 5.41) is 0. The maximum atomic E-state index is 11.6. The number of rotatable bonds is 8. The van der Waals surface area contributed by atoms with Gasteiger partial charge in [-0.2, -0.15) is 4.58 Å². The van der Waals surface area contributed by atoms with Gasteiger partial charge in [-0.1, -0.05) is 24.3 Å². The van der Waals surface area contributed by atoms with Crippen LogP contribution in [0.15, 0.2) is 36.9 Å². The lowest BCUT2D eigenvalue weighted by atomic mass is 9.76. The van der Waals surface area contributed by atoms with Gasteiger partial charge in [0.15, 0.2) is 12.3 Å². The standard InChI is InChI=1S/C20H28NO2/c1-5-7-15-21-16(3)20(4,14-10-13-19(22)23-6-2)17-11-8-9-12-18(17)21/h5,8-9,11-12H,1,6-7,10,13-15H2,2-4H3/q+1. The van der Waals surface area contributed by atoms with Crippen molar-refractivity contribution in [3.8, 4) is 0 Å². The lowest BCUT2D eigenvalue weighted by molar-refractivity contribution is -0.437. The first-order chi connectivity index (χ1) is 11.0. The number of ether oxygens (including phenoxy) is 1. The first-order valence-electron chi connectivity index (χ1n) is 8.52. The molecule has 1 unspecified atom stereocenters. The van der Waals surface area contributed by atoms with E-state index in [1.54, 1.807) is 0 Å². The van der Waals surface area contributed by atoms with Crippen LogP contribution < -0.4 is 0 Å². The summed E-state index contributed by atoms with van der Waals surface area (Å²) in [4.78, 5) is 11.6. The molecule has 124 valence electrons. The molecule has 1 atom stereocenters. The van der Waals surface area contributed by atoms with Crippen molar-refractivity contribution < 1.29 is 14.1 Å². The van der Waals surface area contributed by atoms with E-state index in [1.165, 1.54) is 17.0 Å². The first kappa shape index (κ1) is 17.5. The van der Waals surface area contributed by atoms with Crippen molar-refractivity contribution in [2.24, 2.45) is 0 Å². The Morgan fingerprint density at radius 3 is 2.83 bits per heavy atom. The van der Waals surface area contributed by atoms with E-state index in [-0.39, 0.29) is 11.4 Å². The minimum Gasteiger partial charge on any atom is -0.466 e. The van der Waals surface area contributed by atoms with Crippen molar-refractivity contribution in [1.82, 2.24) is 0 Å². The van der Waals surface area contributed by atoms with Gasteiger partial charge in [-0.25, -0.2) is 0 Å². The van der Waals surface area contributed by atoms with Crippen molar-refractivity contribution >= 4 is 17.4 Å². The summed E-state index contributed by atoms with van der Waals surface area (Å²) in [6.45, 7) is 11.6. The molecule has 2 rings (SSSR count). The fraction of sp³-hybridized carbons (Fsp3) is 0.500. The molecule has 0 spiro atoms. The van der Waals surface area contributed by atoms with Gasteiger partial charge in [0.2, 0.25) is 5.69 Å². The maximum absolute atomic E-state index is 11.6. The first-order valence-corrected chi connectivity index (χ1v) is 8.52. The summed E-state index contributed by atoms with van der Waals surface area (Å²) in [7, 11) is 0. The number of hydrogen-bond donors (Lipinski definition) is 0. The summed E-state index contributed by atoms with van der Waals surface area (Å²) in [5.41, 5.74) is 4.02. The monoisotopic (exact) mass is 314 g/mol. The molecule has 3 heteroatoms. The van der Waals surface area contributed by atoms with Crippen LogP contribution in [-0.2, 0) is 14.9 Å². The number of benzene rings is 1. The number of para-hydroxylation sites is 1. The average molecular weight is 314 g/mol. The SMILES string of the molecule is C=CCC[N+]1=C(C)C(C)(CCCC(=O)OCC)c2ccccc21. The average Bonchev–Trinajstić information content (AvgIpc) is 2.75. The Labute approximate surface area is 139 Å². The normalized spacial score (nSPS) is 19.6. The number of carbonyl (C=O) groups excluding carboxylic acids is 1. The minimum absolute atomic E-state index is 0.00966. The zero-order valence-corrected chi connectivity index (χ0v) is 14.6. The Bertz CT molecular complexity index is 618. The van der Waals surface area contributed by atoms with Crippen molar-refractivity contribution in [3.05, 3.63) is 42.5 Å². The highest BCUT2D eigenvalue weighted by atomic mass is 16.5. The molecular weight excluding hydrogens is 286 g/mol. The summed E-state index contributed by atoms with van der Waals surface area (Å²) in [6.07, 6.45) is 5.22. The number of carbonyl (C=O) groups is 1. The summed E-state index contributed by atoms with van der Waals surface area (Å²) in [5.74, 6) is -0.0939. The van der Waals surface area contributed by atoms with Crippen LogP contribution in [0.5, 0.6) is 0 Å². The predicted octanol–water partition coefficient (Wildman–Crippen LogP) is 4.37. The van der Waals surface area contributed by atoms with Crippen LogP contribution in [0, 0.1) is 0 Å². The van der Waals surface area contributed by atoms with E-state index >= 15 is 0 Å². The fourth-order valence-electron chi connectivity index (χ4n) is 3.49. The maximum Gasteiger partial charge on any atom is 0.305 e. The molecule has 0 N–H and O–H groups in total. The van der Waals surface area contributed by atoms with Crippen LogP contribution in [0.2, 0.25) is 0 Å². The number of hydrogen-bond acceptors (Lipinski definition) is 2. The third-order valence-electron chi connectivity index (χ3n) is 4.91. The molecule has 23 heavy (non-hydrogen) atoms. The quantitative estimate of drug-likeness (QED) is 0.405. The lowest BCUT2D eigenvalue weighted by Crippen LogP contribution is -2.30. The highest BCUT2D eigenvalue weighted by Crippen LogP contribution is 2.42. The number of esters is 1. The van der Waals surface area contributed by atoms with Crippen LogP contribution in [0.3, 0.4) is 0 Å². The molecule has 0 bridgehead atoms. The highest BCUT2D eigenvalue weighted by molar-refractivity contribution is 5.93. The van der Waals surface area contributed by atoms with Crippen LogP contribution in [0.1, 0.15) is 52.0 Å². The minimum atomic E-state index is -0.0939. The van der Waals surface area contributed by atoms with Crippen LogP contribution in [0.4, 0.5) is 5.69 Å². The van der Waals surface area contributed by atoms with E-state index in [2.05, 4.69) is 49.3 Å². The van der Waals surface area contributed by atoms with Gasteiger partial charge in [-0.15, -0.1) is 6.58 Å². The molecule has 0 aliphatic carbocycles. The Morgan fingerprint density at radius 1 is 1.39 bits per heavy atom. The predicted molar refractivity (Wildman–Crippen MR) is 94.6 cm³/mol. The van der Waals surface area contributed by atoms with Crippen LogP contribution in [0.25, 0.3) is 0 Å². The van der Waals surface area contributed by atoms with Gasteiger partial charge >= 0.3 is 5.97 Å². The summed E-state index contributed by atoms with van der Waals surface area (Å²) >= 11 is 0. The summed E-state index contributed by atoms with van der Waals surface area (Å²) in [6, 6.07) is 8.61. The second kappa shape index (κ2) is 7.58. The second-order valence-corrected chi connectivity index (χ2v) is 6.32. The Hall–Kier alpha value is -1.90. The third-order valence-corrected chi connectivity index (χ3v) is 4.91. The molecular formula is C20H28NO2+. The molecule has 1 aromatic rings. The van der Waals surface area contributed by atoms with Gasteiger partial charge in [0.05, 0.1) is 12.0 Å². The molecule has 0 radical (unpaired) electrons. The van der Waals surface area contributed by atoms with Gasteiger partial charge < -0.3 is 4.74 Å². The summed E-state index contributed by atoms with van der Waals surface area (Å²) < 4.78 is 7.45. The number of fused-ring (bicyclic) bond motifs is 1. The fourth-order valence-corrected chi connectivity index (χ4v) is 3.49. The smallest absolute Gasteiger partial charge is 0.305 e. The molecule has 0 saturated heterocycles. The largest absolute Gasteiger partial charge is 0.466 e. The Kier molecular flexibility index (Phi) is 5.75. The lowest BCUT2D eigenvalue weighted by Gasteiger charge is -2.22. The molecule has 1 aromatic carbocycles. The van der Waals surface area contributed by atoms with E-state index in [9.17, 15) is 4.79 Å². The molecule has 1 aliphatic rings. The van der Waals surface area contributed by atoms with E-state index in [0.29, 0.717) is 13.0 Å². The molecule has 0 fully saturated rings. The van der Waals surface area contributed by atoms with E-state index in [4.69, 9.17) is 4.74 Å². The van der Waals surface area contributed by atoms with E-state index < -0.39 is 0 Å². The van der Waals surface area contributed by atoms with Gasteiger partial charge in [-0.3, -0.25) is 4.79 Å². The van der Waals surface area contributed by atoms with Crippen molar-refractivity contribution in [2.45, 2.75) is 51.9 Å². The molecule has 0 amide bonds. The van der Waals surface area contributed by atoms with Crippen LogP contribution in [-0.4, -0.2) is 29.4 Å². The zero-order chi connectivity index (χ0) is 16.9. The van der Waals surface area contributed by atoms with Crippen LogP contribution >= 0.6 is 0 Å². The second-order valence-electron chi connectivity index (χ2n) is 6.32. The van der Waals surface area contributed by atoms with Gasteiger partial charge in [-0.05, 0) is 26.7 Å². The van der Waals surface area contributed by atoms with E-state index in [1.807, 2.05) is 13.0 Å². The van der Waals surface area contributed by atoms with Crippen molar-refractivity contribution in [2.75, 3.05) is 13.2 Å². The molecule has 0 aromatic heterocycles. The van der Waals surface area contributed by atoms with E-state index in [0.717, 1.165) is 25.8 Å².